The number of benzene rings is 1. The van der Waals surface area contributed by atoms with E-state index in [9.17, 15) is 14.7 Å². The first-order valence-electron chi connectivity index (χ1n) is 5.25. The number of carboxylic acid groups (broad SMARTS) is 1. The predicted molar refractivity (Wildman–Crippen MR) is 64.8 cm³/mol. The van der Waals surface area contributed by atoms with E-state index < -0.39 is 17.9 Å². The number of hydrogen-bond donors (Lipinski definition) is 1. The van der Waals surface area contributed by atoms with Crippen molar-refractivity contribution in [3.05, 3.63) is 50.9 Å². The number of H-pyrrole nitrogens is 1. The summed E-state index contributed by atoms with van der Waals surface area (Å²) in [5.74, 6) is -1.28. The number of nitrogens with one attached hydrogen (secondary N) is 1. The van der Waals surface area contributed by atoms with Gasteiger partial charge >= 0.3 is 0 Å². The number of hydrogen-bond acceptors (Lipinski definition) is 3. The molecule has 2 rings (SSSR count). The summed E-state index contributed by atoms with van der Waals surface area (Å²) in [5.41, 5.74) is 0.846. The average Bonchev–Trinajstić information content (AvgIpc) is 2.56. The zero-order chi connectivity index (χ0) is 13.3. The fourth-order valence-electron chi connectivity index (χ4n) is 1.73. The first kappa shape index (κ1) is 12.4. The van der Waals surface area contributed by atoms with Gasteiger partial charge in [0.15, 0.2) is 0 Å². The van der Waals surface area contributed by atoms with E-state index in [2.05, 4.69) is 5.10 Å². The van der Waals surface area contributed by atoms with Crippen LogP contribution in [0.1, 0.15) is 11.3 Å². The number of halogens is 1. The molecule has 0 radical (unpaired) electrons. The number of carbonyl (C=O) groups excluding carboxylic acids is 1. The monoisotopic (exact) mass is 265 g/mol. The minimum absolute atomic E-state index is 0.190. The molecule has 0 bridgehead atoms. The molecular formula is C12H10ClN2O3-. The molecule has 1 N–H and O–H groups in total. The zero-order valence-corrected chi connectivity index (χ0v) is 10.3. The van der Waals surface area contributed by atoms with Crippen LogP contribution in [0.25, 0.3) is 5.69 Å². The van der Waals surface area contributed by atoms with Gasteiger partial charge in [0.25, 0.3) is 5.56 Å². The quantitative estimate of drug-likeness (QED) is 0.874. The molecule has 0 aliphatic rings. The number of carboxylic acids is 1. The summed E-state index contributed by atoms with van der Waals surface area (Å²) in [7, 11) is 0. The highest BCUT2D eigenvalue weighted by Crippen LogP contribution is 2.13. The van der Waals surface area contributed by atoms with Gasteiger partial charge < -0.3 is 9.90 Å². The summed E-state index contributed by atoms with van der Waals surface area (Å²) in [5, 5.41) is 13.9. The molecule has 0 aliphatic carbocycles. The van der Waals surface area contributed by atoms with Crippen LogP contribution in [0, 0.1) is 6.92 Å². The van der Waals surface area contributed by atoms with Crippen molar-refractivity contribution in [2.45, 2.75) is 13.3 Å². The molecule has 1 aromatic carbocycles. The van der Waals surface area contributed by atoms with Crippen molar-refractivity contribution in [1.82, 2.24) is 9.78 Å². The lowest BCUT2D eigenvalue weighted by molar-refractivity contribution is -0.304. The van der Waals surface area contributed by atoms with Gasteiger partial charge in [-0.3, -0.25) is 9.89 Å². The molecule has 5 nitrogen and oxygen atoms in total. The van der Waals surface area contributed by atoms with Crippen molar-refractivity contribution in [2.75, 3.05) is 0 Å². The number of rotatable bonds is 3. The standard InChI is InChI=1S/C12H11ClN2O3/c1-7-10(6-11(16)17)12(18)15(14-7)9-4-2-3-8(13)5-9/h2-5,14H,6H2,1H3,(H,16,17)/p-1. The molecule has 0 saturated carbocycles. The van der Waals surface area contributed by atoms with Crippen LogP contribution in [0.3, 0.4) is 0 Å². The third kappa shape index (κ3) is 2.31. The van der Waals surface area contributed by atoms with Crippen LogP contribution < -0.4 is 10.7 Å². The van der Waals surface area contributed by atoms with Gasteiger partial charge in [-0.25, -0.2) is 4.68 Å². The smallest absolute Gasteiger partial charge is 0.275 e. The molecule has 0 aliphatic heterocycles. The van der Waals surface area contributed by atoms with Crippen LogP contribution >= 0.6 is 11.6 Å². The molecule has 0 amide bonds. The normalized spacial score (nSPS) is 10.6. The molecule has 1 aromatic heterocycles. The summed E-state index contributed by atoms with van der Waals surface area (Å²) in [6.07, 6.45) is -0.408. The number of carbonyl (C=O) groups is 1. The second-order valence-electron chi connectivity index (χ2n) is 3.88. The Balaban J connectivity index is 2.54. The van der Waals surface area contributed by atoms with E-state index in [-0.39, 0.29) is 5.56 Å². The lowest BCUT2D eigenvalue weighted by Crippen LogP contribution is -2.28. The maximum Gasteiger partial charge on any atom is 0.275 e. The first-order chi connectivity index (χ1) is 8.49. The second kappa shape index (κ2) is 4.70. The van der Waals surface area contributed by atoms with Crippen molar-refractivity contribution in [1.29, 1.82) is 0 Å². The lowest BCUT2D eigenvalue weighted by atomic mass is 10.2. The Morgan fingerprint density at radius 3 is 2.83 bits per heavy atom. The van der Waals surface area contributed by atoms with Gasteiger partial charge in [-0.15, -0.1) is 0 Å². The Bertz CT molecular complexity index is 658. The third-order valence-corrected chi connectivity index (χ3v) is 2.82. The molecule has 0 saturated heterocycles. The minimum atomic E-state index is -1.28. The van der Waals surface area contributed by atoms with Gasteiger partial charge in [0.1, 0.15) is 0 Å². The number of aromatic amines is 1. The second-order valence-corrected chi connectivity index (χ2v) is 4.32. The van der Waals surface area contributed by atoms with Crippen LogP contribution in [-0.4, -0.2) is 15.7 Å². The van der Waals surface area contributed by atoms with E-state index in [1.807, 2.05) is 0 Å². The van der Waals surface area contributed by atoms with E-state index >= 15 is 0 Å². The van der Waals surface area contributed by atoms with Crippen molar-refractivity contribution < 1.29 is 9.90 Å². The molecular weight excluding hydrogens is 256 g/mol. The molecule has 0 unspecified atom stereocenters. The fraction of sp³-hybridized carbons (Fsp3) is 0.167. The highest BCUT2D eigenvalue weighted by Gasteiger charge is 2.12. The topological polar surface area (TPSA) is 77.9 Å². The van der Waals surface area contributed by atoms with Gasteiger partial charge in [0.05, 0.1) is 5.69 Å². The number of aryl methyl sites for hydroxylation is 1. The Hall–Kier alpha value is -2.01. The van der Waals surface area contributed by atoms with Gasteiger partial charge in [-0.1, -0.05) is 17.7 Å². The van der Waals surface area contributed by atoms with E-state index in [1.54, 1.807) is 31.2 Å². The Labute approximate surface area is 108 Å². The Kier molecular flexibility index (Phi) is 3.25. The largest absolute Gasteiger partial charge is 0.550 e. The summed E-state index contributed by atoms with van der Waals surface area (Å²) >= 11 is 5.84. The van der Waals surface area contributed by atoms with Gasteiger partial charge in [0.2, 0.25) is 0 Å². The third-order valence-electron chi connectivity index (χ3n) is 2.58. The summed E-state index contributed by atoms with van der Waals surface area (Å²) in [6, 6.07) is 6.71. The summed E-state index contributed by atoms with van der Waals surface area (Å²) in [4.78, 5) is 22.6. The van der Waals surface area contributed by atoms with Gasteiger partial charge in [-0.05, 0) is 25.1 Å². The molecule has 0 atom stereocenters. The predicted octanol–water partition coefficient (Wildman–Crippen LogP) is 0.420. The Morgan fingerprint density at radius 2 is 2.22 bits per heavy atom. The maximum absolute atomic E-state index is 12.0. The van der Waals surface area contributed by atoms with E-state index in [0.717, 1.165) is 0 Å². The zero-order valence-electron chi connectivity index (χ0n) is 9.57. The van der Waals surface area contributed by atoms with Crippen molar-refractivity contribution >= 4 is 17.6 Å². The molecule has 94 valence electrons. The van der Waals surface area contributed by atoms with Gasteiger partial charge in [0, 0.05) is 28.7 Å². The van der Waals surface area contributed by atoms with Crippen molar-refractivity contribution in [2.24, 2.45) is 0 Å². The molecule has 1 heterocycles. The maximum atomic E-state index is 12.0. The average molecular weight is 266 g/mol. The fourth-order valence-corrected chi connectivity index (χ4v) is 1.92. The molecule has 0 spiro atoms. The minimum Gasteiger partial charge on any atom is -0.550 e. The van der Waals surface area contributed by atoms with E-state index in [4.69, 9.17) is 11.6 Å². The Morgan fingerprint density at radius 1 is 1.50 bits per heavy atom. The highest BCUT2D eigenvalue weighted by molar-refractivity contribution is 6.30. The summed E-state index contributed by atoms with van der Waals surface area (Å²) in [6.45, 7) is 1.64. The molecule has 2 aromatic rings. The number of nitrogens with zero attached hydrogens (tertiary/aromatic N) is 1. The van der Waals surface area contributed by atoms with Crippen LogP contribution in [0.2, 0.25) is 5.02 Å². The van der Waals surface area contributed by atoms with Crippen LogP contribution in [0.15, 0.2) is 29.1 Å². The number of aliphatic carboxylic acids is 1. The first-order valence-corrected chi connectivity index (χ1v) is 5.63. The highest BCUT2D eigenvalue weighted by atomic mass is 35.5. The lowest BCUT2D eigenvalue weighted by Gasteiger charge is -2.01. The number of aromatic nitrogens is 2. The van der Waals surface area contributed by atoms with Crippen LogP contribution in [0.4, 0.5) is 0 Å². The van der Waals surface area contributed by atoms with Crippen LogP contribution in [0.5, 0.6) is 0 Å². The van der Waals surface area contributed by atoms with Crippen LogP contribution in [-0.2, 0) is 11.2 Å². The van der Waals surface area contributed by atoms with Gasteiger partial charge in [-0.2, -0.15) is 0 Å². The SMILES string of the molecule is Cc1[nH]n(-c2cccc(Cl)c2)c(=O)c1CC(=O)[O-]. The molecule has 0 fully saturated rings. The molecule has 6 heteroatoms. The van der Waals surface area contributed by atoms with E-state index in [1.165, 1.54) is 4.68 Å². The van der Waals surface area contributed by atoms with Crippen molar-refractivity contribution in [3.8, 4) is 5.69 Å². The van der Waals surface area contributed by atoms with E-state index in [0.29, 0.717) is 16.4 Å². The molecule has 18 heavy (non-hydrogen) atoms. The summed E-state index contributed by atoms with van der Waals surface area (Å²) < 4.78 is 1.26. The van der Waals surface area contributed by atoms with Crippen molar-refractivity contribution in [3.63, 3.8) is 0 Å².